The molecule has 2 rings (SSSR count). The Bertz CT molecular complexity index is 931. The monoisotopic (exact) mass is 441 g/mol. The first-order valence-electron chi connectivity index (χ1n) is 7.89. The summed E-state index contributed by atoms with van der Waals surface area (Å²) in [5.74, 6) is -1.27. The molecule has 0 aliphatic rings. The van der Waals surface area contributed by atoms with Gasteiger partial charge in [-0.15, -0.1) is 0 Å². The molecule has 1 unspecified atom stereocenters. The molecular formula is C17H14ClF6N3O2. The number of nitrogens with two attached hydrogens (primary N) is 1. The van der Waals surface area contributed by atoms with Crippen LogP contribution in [0.4, 0.5) is 32.0 Å². The standard InChI is InChI=1S/C17H14ClF6N3O2/c1-7-4-8(18)2-3-9(7)13-10(16(19,20)21)5-11(25)14(27-13)15(29)26-6-12(28)17(22,23)24/h2-5,12,28H,6,25H2,1H3,(H,26,29). The topological polar surface area (TPSA) is 88.2 Å². The van der Waals surface area contributed by atoms with Crippen LogP contribution >= 0.6 is 11.6 Å². The fraction of sp³-hybridized carbons (Fsp3) is 0.294. The van der Waals surface area contributed by atoms with E-state index in [0.29, 0.717) is 11.6 Å². The van der Waals surface area contributed by atoms with E-state index in [1.54, 1.807) is 5.32 Å². The first-order chi connectivity index (χ1) is 13.2. The largest absolute Gasteiger partial charge is 0.418 e. The number of aromatic nitrogens is 1. The number of nitrogens with one attached hydrogen (secondary N) is 1. The number of aliphatic hydroxyl groups excluding tert-OH is 1. The Morgan fingerprint density at radius 3 is 2.38 bits per heavy atom. The number of carbonyl (C=O) groups is 1. The summed E-state index contributed by atoms with van der Waals surface area (Å²) in [5, 5.41) is 11.0. The highest BCUT2D eigenvalue weighted by atomic mass is 35.5. The lowest BCUT2D eigenvalue weighted by atomic mass is 9.99. The molecule has 158 valence electrons. The van der Waals surface area contributed by atoms with Crippen molar-refractivity contribution in [3.63, 3.8) is 0 Å². The van der Waals surface area contributed by atoms with Crippen LogP contribution in [0.25, 0.3) is 11.3 Å². The van der Waals surface area contributed by atoms with E-state index in [0.717, 1.165) is 0 Å². The number of halogens is 7. The fourth-order valence-electron chi connectivity index (χ4n) is 2.41. The van der Waals surface area contributed by atoms with Gasteiger partial charge in [0.25, 0.3) is 5.91 Å². The van der Waals surface area contributed by atoms with Crippen LogP contribution in [0.3, 0.4) is 0 Å². The highest BCUT2D eigenvalue weighted by Gasteiger charge is 2.39. The molecule has 0 radical (unpaired) electrons. The van der Waals surface area contributed by atoms with Crippen molar-refractivity contribution in [1.29, 1.82) is 0 Å². The number of hydrogen-bond acceptors (Lipinski definition) is 4. The first kappa shape index (κ1) is 22.8. The minimum atomic E-state index is -4.99. The molecule has 2 aromatic rings. The number of amides is 1. The number of hydrogen-bond donors (Lipinski definition) is 3. The Kier molecular flexibility index (Phi) is 6.33. The maximum atomic E-state index is 13.5. The van der Waals surface area contributed by atoms with E-state index >= 15 is 0 Å². The zero-order valence-corrected chi connectivity index (χ0v) is 15.4. The summed E-state index contributed by atoms with van der Waals surface area (Å²) in [4.78, 5) is 15.8. The normalized spacial score (nSPS) is 13.3. The van der Waals surface area contributed by atoms with Gasteiger partial charge in [-0.25, -0.2) is 4.98 Å². The molecule has 29 heavy (non-hydrogen) atoms. The summed E-state index contributed by atoms with van der Waals surface area (Å²) < 4.78 is 77.4. The number of alkyl halides is 6. The third-order valence-corrected chi connectivity index (χ3v) is 4.08. The van der Waals surface area contributed by atoms with Crippen molar-refractivity contribution in [2.45, 2.75) is 25.4 Å². The van der Waals surface area contributed by atoms with E-state index in [4.69, 9.17) is 22.4 Å². The number of rotatable bonds is 4. The zero-order valence-electron chi connectivity index (χ0n) is 14.6. The van der Waals surface area contributed by atoms with Crippen molar-refractivity contribution in [2.24, 2.45) is 0 Å². The van der Waals surface area contributed by atoms with E-state index in [1.807, 2.05) is 0 Å². The molecule has 0 spiro atoms. The van der Waals surface area contributed by atoms with E-state index in [2.05, 4.69) is 4.98 Å². The van der Waals surface area contributed by atoms with Gasteiger partial charge in [0.1, 0.15) is 0 Å². The van der Waals surface area contributed by atoms with Gasteiger partial charge < -0.3 is 16.2 Å². The van der Waals surface area contributed by atoms with Crippen LogP contribution in [0.15, 0.2) is 24.3 Å². The number of nitrogen functional groups attached to an aromatic ring is 1. The Labute approximate surface area is 165 Å². The van der Waals surface area contributed by atoms with Crippen molar-refractivity contribution >= 4 is 23.2 Å². The Morgan fingerprint density at radius 1 is 1.24 bits per heavy atom. The van der Waals surface area contributed by atoms with E-state index in [9.17, 15) is 31.1 Å². The molecule has 12 heteroatoms. The second kappa shape index (κ2) is 8.07. The maximum Gasteiger partial charge on any atom is 0.418 e. The maximum absolute atomic E-state index is 13.5. The third kappa shape index (κ3) is 5.30. The number of pyridine rings is 1. The average molecular weight is 442 g/mol. The SMILES string of the molecule is Cc1cc(Cl)ccc1-c1nc(C(=O)NCC(O)C(F)(F)F)c(N)cc1C(F)(F)F. The Hall–Kier alpha value is -2.53. The van der Waals surface area contributed by atoms with Crippen LogP contribution in [0.5, 0.6) is 0 Å². The molecule has 0 bridgehead atoms. The molecule has 1 aromatic carbocycles. The van der Waals surface area contributed by atoms with Crippen molar-refractivity contribution in [2.75, 3.05) is 12.3 Å². The number of benzene rings is 1. The summed E-state index contributed by atoms with van der Waals surface area (Å²) in [7, 11) is 0. The highest BCUT2D eigenvalue weighted by molar-refractivity contribution is 6.30. The summed E-state index contributed by atoms with van der Waals surface area (Å²) in [6, 6.07) is 4.45. The predicted octanol–water partition coefficient (Wildman–Crippen LogP) is 3.96. The van der Waals surface area contributed by atoms with Gasteiger partial charge in [0, 0.05) is 10.6 Å². The van der Waals surface area contributed by atoms with Gasteiger partial charge in [0.2, 0.25) is 0 Å². The van der Waals surface area contributed by atoms with Gasteiger partial charge in [0.05, 0.1) is 23.5 Å². The van der Waals surface area contributed by atoms with Crippen LogP contribution in [-0.2, 0) is 6.18 Å². The first-order valence-corrected chi connectivity index (χ1v) is 8.26. The van der Waals surface area contributed by atoms with Gasteiger partial charge in [-0.2, -0.15) is 26.3 Å². The molecule has 1 atom stereocenters. The number of anilines is 1. The Morgan fingerprint density at radius 2 is 1.86 bits per heavy atom. The summed E-state index contributed by atoms with van der Waals surface area (Å²) in [5.41, 5.74) is 2.55. The lowest BCUT2D eigenvalue weighted by Crippen LogP contribution is -2.41. The molecule has 1 heterocycles. The van der Waals surface area contributed by atoms with E-state index in [1.165, 1.54) is 25.1 Å². The molecule has 0 saturated carbocycles. The van der Waals surface area contributed by atoms with E-state index < -0.39 is 53.5 Å². The lowest BCUT2D eigenvalue weighted by molar-refractivity contribution is -0.201. The van der Waals surface area contributed by atoms with Gasteiger partial charge >= 0.3 is 12.4 Å². The fourth-order valence-corrected chi connectivity index (χ4v) is 2.64. The Balaban J connectivity index is 2.52. The van der Waals surface area contributed by atoms with Gasteiger partial charge in [-0.3, -0.25) is 4.79 Å². The average Bonchev–Trinajstić information content (AvgIpc) is 2.57. The lowest BCUT2D eigenvalue weighted by Gasteiger charge is -2.18. The van der Waals surface area contributed by atoms with Crippen molar-refractivity contribution in [3.8, 4) is 11.3 Å². The number of aryl methyl sites for hydroxylation is 1. The zero-order chi connectivity index (χ0) is 22.1. The minimum Gasteiger partial charge on any atom is -0.397 e. The summed E-state index contributed by atoms with van der Waals surface area (Å²) >= 11 is 5.81. The molecule has 0 aliphatic carbocycles. The summed E-state index contributed by atoms with van der Waals surface area (Å²) in [6.07, 6.45) is -12.7. The molecular weight excluding hydrogens is 428 g/mol. The van der Waals surface area contributed by atoms with Crippen molar-refractivity contribution in [1.82, 2.24) is 10.3 Å². The molecule has 0 saturated heterocycles. The number of nitrogens with zero attached hydrogens (tertiary/aromatic N) is 1. The van der Waals surface area contributed by atoms with E-state index in [-0.39, 0.29) is 10.6 Å². The van der Waals surface area contributed by atoms with Crippen LogP contribution in [0, 0.1) is 6.92 Å². The van der Waals surface area contributed by atoms with Crippen molar-refractivity contribution in [3.05, 3.63) is 46.1 Å². The molecule has 0 fully saturated rings. The number of aliphatic hydroxyl groups is 1. The van der Waals surface area contributed by atoms with Crippen LogP contribution < -0.4 is 11.1 Å². The third-order valence-electron chi connectivity index (χ3n) is 3.85. The molecule has 1 aromatic heterocycles. The van der Waals surface area contributed by atoms with Crippen molar-refractivity contribution < 1.29 is 36.2 Å². The highest BCUT2D eigenvalue weighted by Crippen LogP contribution is 2.39. The minimum absolute atomic E-state index is 0.00565. The van der Waals surface area contributed by atoms with Gasteiger partial charge in [-0.1, -0.05) is 17.7 Å². The molecule has 5 nitrogen and oxygen atoms in total. The molecule has 1 amide bonds. The second-order valence-electron chi connectivity index (χ2n) is 6.05. The second-order valence-corrected chi connectivity index (χ2v) is 6.48. The smallest absolute Gasteiger partial charge is 0.397 e. The van der Waals surface area contributed by atoms with Gasteiger partial charge in [0.15, 0.2) is 11.8 Å². The predicted molar refractivity (Wildman–Crippen MR) is 93.2 cm³/mol. The van der Waals surface area contributed by atoms with Crippen LogP contribution in [0.1, 0.15) is 21.6 Å². The van der Waals surface area contributed by atoms with Crippen LogP contribution in [0.2, 0.25) is 5.02 Å². The molecule has 4 N–H and O–H groups in total. The van der Waals surface area contributed by atoms with Gasteiger partial charge in [-0.05, 0) is 30.7 Å². The molecule has 0 aliphatic heterocycles. The van der Waals surface area contributed by atoms with Crippen LogP contribution in [-0.4, -0.2) is 34.8 Å². The summed E-state index contributed by atoms with van der Waals surface area (Å²) in [6.45, 7) is 0.249. The quantitative estimate of drug-likeness (QED) is 0.627. The number of carbonyl (C=O) groups excluding carboxylic acids is 1.